The van der Waals surface area contributed by atoms with Crippen LogP contribution in [0, 0.1) is 5.92 Å². The van der Waals surface area contributed by atoms with Gasteiger partial charge in [-0.3, -0.25) is 0 Å². The minimum Gasteiger partial charge on any atom is -0.312 e. The van der Waals surface area contributed by atoms with Crippen molar-refractivity contribution in [3.05, 3.63) is 0 Å². The van der Waals surface area contributed by atoms with Crippen molar-refractivity contribution in [1.82, 2.24) is 10.2 Å². The highest BCUT2D eigenvalue weighted by Crippen LogP contribution is 2.14. The van der Waals surface area contributed by atoms with E-state index in [4.69, 9.17) is 0 Å². The molecule has 0 saturated carbocycles. The van der Waals surface area contributed by atoms with Gasteiger partial charge in [-0.1, -0.05) is 13.8 Å². The number of rotatable bonds is 3. The van der Waals surface area contributed by atoms with Gasteiger partial charge in [-0.2, -0.15) is 0 Å². The van der Waals surface area contributed by atoms with Gasteiger partial charge in [0.05, 0.1) is 0 Å². The van der Waals surface area contributed by atoms with Crippen molar-refractivity contribution in [2.45, 2.75) is 26.3 Å². The molecule has 0 aliphatic carbocycles. The zero-order chi connectivity index (χ0) is 8.27. The van der Waals surface area contributed by atoms with Crippen molar-refractivity contribution in [1.29, 1.82) is 0 Å². The molecule has 2 heteroatoms. The standard InChI is InChI=1S/C9H20N2/c1-4-11(3)7-9-8(2)5-6-10-9/h8-10H,4-7H2,1-3H3. The van der Waals surface area contributed by atoms with E-state index in [2.05, 4.69) is 31.1 Å². The molecule has 1 aliphatic heterocycles. The minimum atomic E-state index is 0.736. The van der Waals surface area contributed by atoms with Crippen molar-refractivity contribution >= 4 is 0 Å². The molecule has 1 saturated heterocycles. The summed E-state index contributed by atoms with van der Waals surface area (Å²) in [5.41, 5.74) is 0. The van der Waals surface area contributed by atoms with Gasteiger partial charge in [-0.15, -0.1) is 0 Å². The van der Waals surface area contributed by atoms with Gasteiger partial charge < -0.3 is 10.2 Å². The Morgan fingerprint density at radius 1 is 1.55 bits per heavy atom. The lowest BCUT2D eigenvalue weighted by atomic mass is 10.0. The van der Waals surface area contributed by atoms with Crippen LogP contribution in [0.15, 0.2) is 0 Å². The molecular formula is C9H20N2. The molecule has 0 aromatic rings. The summed E-state index contributed by atoms with van der Waals surface area (Å²) in [5, 5.41) is 3.53. The topological polar surface area (TPSA) is 15.3 Å². The van der Waals surface area contributed by atoms with Gasteiger partial charge in [-0.25, -0.2) is 0 Å². The highest BCUT2D eigenvalue weighted by atomic mass is 15.1. The van der Waals surface area contributed by atoms with Crippen LogP contribution in [0.25, 0.3) is 0 Å². The Labute approximate surface area is 70.0 Å². The molecule has 0 bridgehead atoms. The average Bonchev–Trinajstić information content (AvgIpc) is 2.37. The smallest absolute Gasteiger partial charge is 0.0220 e. The fourth-order valence-electron chi connectivity index (χ4n) is 1.61. The fourth-order valence-corrected chi connectivity index (χ4v) is 1.61. The normalized spacial score (nSPS) is 31.6. The molecule has 0 radical (unpaired) electrons. The van der Waals surface area contributed by atoms with E-state index in [9.17, 15) is 0 Å². The number of hydrogen-bond acceptors (Lipinski definition) is 2. The lowest BCUT2D eigenvalue weighted by Crippen LogP contribution is -2.38. The highest BCUT2D eigenvalue weighted by molar-refractivity contribution is 4.82. The second-order valence-corrected chi connectivity index (χ2v) is 3.68. The predicted octanol–water partition coefficient (Wildman–Crippen LogP) is 0.936. The van der Waals surface area contributed by atoms with Gasteiger partial charge in [0.1, 0.15) is 0 Å². The number of hydrogen-bond donors (Lipinski definition) is 1. The molecule has 0 aromatic heterocycles. The first kappa shape index (κ1) is 9.01. The molecule has 0 aromatic carbocycles. The van der Waals surface area contributed by atoms with E-state index in [0.29, 0.717) is 0 Å². The highest BCUT2D eigenvalue weighted by Gasteiger charge is 2.22. The van der Waals surface area contributed by atoms with E-state index >= 15 is 0 Å². The summed E-state index contributed by atoms with van der Waals surface area (Å²) in [6, 6.07) is 0.736. The van der Waals surface area contributed by atoms with Crippen LogP contribution in [0.3, 0.4) is 0 Å². The van der Waals surface area contributed by atoms with E-state index < -0.39 is 0 Å². The molecule has 1 aliphatic rings. The third kappa shape index (κ3) is 2.46. The molecule has 1 N–H and O–H groups in total. The monoisotopic (exact) mass is 156 g/mol. The van der Waals surface area contributed by atoms with Crippen molar-refractivity contribution in [2.24, 2.45) is 5.92 Å². The molecule has 66 valence electrons. The fraction of sp³-hybridized carbons (Fsp3) is 1.00. The van der Waals surface area contributed by atoms with E-state index in [1.807, 2.05) is 0 Å². The quantitative estimate of drug-likeness (QED) is 0.654. The van der Waals surface area contributed by atoms with Crippen LogP contribution < -0.4 is 5.32 Å². The third-order valence-electron chi connectivity index (χ3n) is 2.74. The third-order valence-corrected chi connectivity index (χ3v) is 2.74. The summed E-state index contributed by atoms with van der Waals surface area (Å²) < 4.78 is 0. The molecule has 1 rings (SSSR count). The van der Waals surface area contributed by atoms with Crippen LogP contribution in [0.1, 0.15) is 20.3 Å². The maximum Gasteiger partial charge on any atom is 0.0220 e. The Morgan fingerprint density at radius 2 is 2.27 bits per heavy atom. The summed E-state index contributed by atoms with van der Waals surface area (Å²) in [7, 11) is 2.19. The van der Waals surface area contributed by atoms with Gasteiger partial charge in [0.15, 0.2) is 0 Å². The van der Waals surface area contributed by atoms with E-state index in [1.54, 1.807) is 0 Å². The van der Waals surface area contributed by atoms with E-state index in [1.165, 1.54) is 19.5 Å². The Bertz CT molecular complexity index is 114. The van der Waals surface area contributed by atoms with Gasteiger partial charge >= 0.3 is 0 Å². The van der Waals surface area contributed by atoms with Crippen molar-refractivity contribution in [3.8, 4) is 0 Å². The van der Waals surface area contributed by atoms with Crippen LogP contribution in [0.2, 0.25) is 0 Å². The van der Waals surface area contributed by atoms with Crippen LogP contribution in [0.4, 0.5) is 0 Å². The van der Waals surface area contributed by atoms with E-state index in [0.717, 1.165) is 18.5 Å². The molecule has 0 spiro atoms. The SMILES string of the molecule is CCN(C)CC1NCCC1C. The summed E-state index contributed by atoms with van der Waals surface area (Å²) in [6.45, 7) is 8.12. The second-order valence-electron chi connectivity index (χ2n) is 3.68. The molecule has 2 unspecified atom stereocenters. The Hall–Kier alpha value is -0.0800. The van der Waals surface area contributed by atoms with Gasteiger partial charge in [0.2, 0.25) is 0 Å². The summed E-state index contributed by atoms with van der Waals surface area (Å²) >= 11 is 0. The van der Waals surface area contributed by atoms with E-state index in [-0.39, 0.29) is 0 Å². The minimum absolute atomic E-state index is 0.736. The molecule has 1 fully saturated rings. The molecule has 2 atom stereocenters. The summed E-state index contributed by atoms with van der Waals surface area (Å²) in [6.07, 6.45) is 1.35. The van der Waals surface area contributed by atoms with Gasteiger partial charge in [-0.05, 0) is 32.5 Å². The molecule has 1 heterocycles. The summed E-state index contributed by atoms with van der Waals surface area (Å²) in [4.78, 5) is 2.37. The molecule has 2 nitrogen and oxygen atoms in total. The van der Waals surface area contributed by atoms with Crippen LogP contribution in [0.5, 0.6) is 0 Å². The number of nitrogens with zero attached hydrogens (tertiary/aromatic N) is 1. The van der Waals surface area contributed by atoms with Crippen LogP contribution in [-0.4, -0.2) is 37.6 Å². The van der Waals surface area contributed by atoms with Gasteiger partial charge in [0, 0.05) is 12.6 Å². The second kappa shape index (κ2) is 4.07. The van der Waals surface area contributed by atoms with Crippen molar-refractivity contribution in [3.63, 3.8) is 0 Å². The first-order chi connectivity index (χ1) is 5.24. The van der Waals surface area contributed by atoms with Gasteiger partial charge in [0.25, 0.3) is 0 Å². The zero-order valence-corrected chi connectivity index (χ0v) is 7.93. The molecular weight excluding hydrogens is 136 g/mol. The van der Waals surface area contributed by atoms with Crippen molar-refractivity contribution < 1.29 is 0 Å². The molecule has 0 amide bonds. The molecule has 11 heavy (non-hydrogen) atoms. The number of likely N-dealkylation sites (N-methyl/N-ethyl adjacent to an activating group) is 1. The van der Waals surface area contributed by atoms with Crippen LogP contribution >= 0.6 is 0 Å². The summed E-state index contributed by atoms with van der Waals surface area (Å²) in [5.74, 6) is 0.865. The number of nitrogens with one attached hydrogen (secondary N) is 1. The lowest BCUT2D eigenvalue weighted by molar-refractivity contribution is 0.289. The Balaban J connectivity index is 2.24. The maximum absolute atomic E-state index is 3.53. The average molecular weight is 156 g/mol. The lowest BCUT2D eigenvalue weighted by Gasteiger charge is -2.22. The Morgan fingerprint density at radius 3 is 2.73 bits per heavy atom. The zero-order valence-electron chi connectivity index (χ0n) is 7.93. The first-order valence-corrected chi connectivity index (χ1v) is 4.66. The largest absolute Gasteiger partial charge is 0.312 e. The predicted molar refractivity (Wildman–Crippen MR) is 48.7 cm³/mol. The van der Waals surface area contributed by atoms with Crippen LogP contribution in [-0.2, 0) is 0 Å². The Kier molecular flexibility index (Phi) is 3.34. The van der Waals surface area contributed by atoms with Crippen molar-refractivity contribution in [2.75, 3.05) is 26.7 Å². The first-order valence-electron chi connectivity index (χ1n) is 4.66. The maximum atomic E-state index is 3.53.